The molecule has 1 aromatic rings. The molecule has 1 saturated carbocycles. The quantitative estimate of drug-likeness (QED) is 0.834. The molecule has 1 aromatic carbocycles. The molecule has 5 heteroatoms. The molecule has 2 rings (SSSR count). The highest BCUT2D eigenvalue weighted by atomic mass is 32.2. The minimum Gasteiger partial charge on any atom is -0.384 e. The minimum atomic E-state index is -3.54. The van der Waals surface area contributed by atoms with Crippen LogP contribution in [-0.2, 0) is 10.0 Å². The van der Waals surface area contributed by atoms with Crippen molar-refractivity contribution in [3.05, 3.63) is 29.3 Å². The largest absolute Gasteiger partial charge is 0.384 e. The average Bonchev–Trinajstić information content (AvgIpc) is 2.34. The van der Waals surface area contributed by atoms with E-state index >= 15 is 0 Å². The van der Waals surface area contributed by atoms with E-state index in [2.05, 4.69) is 16.6 Å². The summed E-state index contributed by atoms with van der Waals surface area (Å²) in [6.07, 6.45) is 3.36. The number of hydrogen-bond acceptors (Lipinski definition) is 3. The molecule has 1 aliphatic carbocycles. The van der Waals surface area contributed by atoms with E-state index in [1.54, 1.807) is 25.1 Å². The van der Waals surface area contributed by atoms with Crippen molar-refractivity contribution in [2.45, 2.75) is 44.0 Å². The molecular formula is C16H21NO3S. The summed E-state index contributed by atoms with van der Waals surface area (Å²) in [5, 5.41) is 8.72. The third-order valence-electron chi connectivity index (χ3n) is 3.99. The summed E-state index contributed by atoms with van der Waals surface area (Å²) >= 11 is 0. The van der Waals surface area contributed by atoms with Gasteiger partial charge >= 0.3 is 0 Å². The maximum absolute atomic E-state index is 12.5. The van der Waals surface area contributed by atoms with Crippen LogP contribution in [-0.4, -0.2) is 26.2 Å². The normalized spacial score (nSPS) is 16.7. The maximum atomic E-state index is 12.5. The summed E-state index contributed by atoms with van der Waals surface area (Å²) in [5.41, 5.74) is 1.28. The lowest BCUT2D eigenvalue weighted by molar-refractivity contribution is 0.260. The summed E-state index contributed by atoms with van der Waals surface area (Å²) < 4.78 is 27.8. The van der Waals surface area contributed by atoms with E-state index in [-0.39, 0.29) is 17.5 Å². The molecule has 1 aliphatic rings. The smallest absolute Gasteiger partial charge is 0.241 e. The molecule has 2 N–H and O–H groups in total. The molecule has 114 valence electrons. The highest BCUT2D eigenvalue weighted by molar-refractivity contribution is 7.89. The van der Waals surface area contributed by atoms with Gasteiger partial charge < -0.3 is 5.11 Å². The molecular weight excluding hydrogens is 286 g/mol. The molecule has 1 atom stereocenters. The van der Waals surface area contributed by atoms with Crippen LogP contribution in [0, 0.1) is 24.7 Å². The summed E-state index contributed by atoms with van der Waals surface area (Å²) in [6.45, 7) is 3.45. The van der Waals surface area contributed by atoms with Gasteiger partial charge in [-0.05, 0) is 50.3 Å². The third-order valence-corrected chi connectivity index (χ3v) is 5.69. The standard InChI is InChI=1S/C16H21NO3S/c1-12-8-9-14(5-4-10-18)11-16(12)21(19,20)17-13(2)15-6-3-7-15/h8-9,11,13,15,17-18H,3,6-7,10H2,1-2H3. The van der Waals surface area contributed by atoms with Crippen LogP contribution < -0.4 is 4.72 Å². The number of nitrogens with one attached hydrogen (secondary N) is 1. The van der Waals surface area contributed by atoms with Crippen molar-refractivity contribution in [3.8, 4) is 11.8 Å². The van der Waals surface area contributed by atoms with Crippen LogP contribution >= 0.6 is 0 Å². The molecule has 0 bridgehead atoms. The molecule has 0 saturated heterocycles. The molecule has 21 heavy (non-hydrogen) atoms. The van der Waals surface area contributed by atoms with Crippen molar-refractivity contribution in [1.29, 1.82) is 0 Å². The zero-order valence-corrected chi connectivity index (χ0v) is 13.2. The molecule has 0 spiro atoms. The van der Waals surface area contributed by atoms with Crippen molar-refractivity contribution >= 4 is 10.0 Å². The number of sulfonamides is 1. The van der Waals surface area contributed by atoms with Gasteiger partial charge in [0.1, 0.15) is 6.61 Å². The van der Waals surface area contributed by atoms with Gasteiger partial charge in [-0.25, -0.2) is 13.1 Å². The number of aliphatic hydroxyl groups is 1. The predicted octanol–water partition coefficient (Wildman–Crippen LogP) is 1.81. The van der Waals surface area contributed by atoms with Gasteiger partial charge in [0.25, 0.3) is 0 Å². The number of aryl methyl sites for hydroxylation is 1. The topological polar surface area (TPSA) is 66.4 Å². The lowest BCUT2D eigenvalue weighted by atomic mass is 9.81. The van der Waals surface area contributed by atoms with Crippen molar-refractivity contribution in [2.75, 3.05) is 6.61 Å². The van der Waals surface area contributed by atoms with E-state index in [4.69, 9.17) is 5.11 Å². The van der Waals surface area contributed by atoms with Crippen LogP contribution in [0.25, 0.3) is 0 Å². The Morgan fingerprint density at radius 3 is 2.71 bits per heavy atom. The zero-order chi connectivity index (χ0) is 15.5. The van der Waals surface area contributed by atoms with Crippen LogP contribution in [0.15, 0.2) is 23.1 Å². The molecule has 1 unspecified atom stereocenters. The molecule has 0 aliphatic heterocycles. The Morgan fingerprint density at radius 1 is 1.43 bits per heavy atom. The maximum Gasteiger partial charge on any atom is 0.241 e. The molecule has 0 amide bonds. The zero-order valence-electron chi connectivity index (χ0n) is 12.4. The fourth-order valence-corrected chi connectivity index (χ4v) is 4.04. The summed E-state index contributed by atoms with van der Waals surface area (Å²) in [5.74, 6) is 5.71. The lowest BCUT2D eigenvalue weighted by Crippen LogP contribution is -2.40. The number of rotatable bonds is 4. The van der Waals surface area contributed by atoms with Gasteiger partial charge in [-0.2, -0.15) is 0 Å². The molecule has 0 radical (unpaired) electrons. The average molecular weight is 307 g/mol. The molecule has 4 nitrogen and oxygen atoms in total. The van der Waals surface area contributed by atoms with Gasteiger partial charge in [0.15, 0.2) is 0 Å². The Bertz CT molecular complexity index is 666. The Kier molecular flexibility index (Phi) is 5.04. The highest BCUT2D eigenvalue weighted by Gasteiger charge is 2.28. The summed E-state index contributed by atoms with van der Waals surface area (Å²) in [4.78, 5) is 0.262. The fraction of sp³-hybridized carbons (Fsp3) is 0.500. The van der Waals surface area contributed by atoms with Crippen LogP contribution in [0.4, 0.5) is 0 Å². The van der Waals surface area contributed by atoms with E-state index < -0.39 is 10.0 Å². The van der Waals surface area contributed by atoms with Crippen molar-refractivity contribution in [3.63, 3.8) is 0 Å². The van der Waals surface area contributed by atoms with Crippen LogP contribution in [0.3, 0.4) is 0 Å². The highest BCUT2D eigenvalue weighted by Crippen LogP contribution is 2.30. The fourth-order valence-electron chi connectivity index (χ4n) is 2.45. The molecule has 0 aromatic heterocycles. The van der Waals surface area contributed by atoms with E-state index in [0.717, 1.165) is 12.8 Å². The van der Waals surface area contributed by atoms with E-state index in [1.807, 2.05) is 6.92 Å². The van der Waals surface area contributed by atoms with Gasteiger partial charge in [-0.1, -0.05) is 24.3 Å². The van der Waals surface area contributed by atoms with Gasteiger partial charge in [-0.15, -0.1) is 0 Å². The molecule has 0 heterocycles. The summed E-state index contributed by atoms with van der Waals surface area (Å²) in [7, 11) is -3.54. The number of benzene rings is 1. The minimum absolute atomic E-state index is 0.0460. The first-order valence-corrected chi connectivity index (χ1v) is 8.65. The predicted molar refractivity (Wildman–Crippen MR) is 82.3 cm³/mol. The Morgan fingerprint density at radius 2 is 2.14 bits per heavy atom. The van der Waals surface area contributed by atoms with Crippen LogP contribution in [0.2, 0.25) is 0 Å². The van der Waals surface area contributed by atoms with Gasteiger partial charge in [-0.3, -0.25) is 0 Å². The van der Waals surface area contributed by atoms with Crippen molar-refractivity contribution in [2.24, 2.45) is 5.92 Å². The van der Waals surface area contributed by atoms with Crippen LogP contribution in [0.1, 0.15) is 37.3 Å². The second kappa shape index (κ2) is 6.61. The van der Waals surface area contributed by atoms with Crippen molar-refractivity contribution < 1.29 is 13.5 Å². The third kappa shape index (κ3) is 3.85. The first-order valence-electron chi connectivity index (χ1n) is 7.17. The Hall–Kier alpha value is -1.35. The first-order chi connectivity index (χ1) is 9.94. The Labute approximate surface area is 126 Å². The summed E-state index contributed by atoms with van der Waals surface area (Å²) in [6, 6.07) is 5.01. The first kappa shape index (κ1) is 16.0. The Balaban J connectivity index is 2.25. The second-order valence-corrected chi connectivity index (χ2v) is 7.22. The SMILES string of the molecule is Cc1ccc(C#CCO)cc1S(=O)(=O)NC(C)C1CCC1. The number of hydrogen-bond donors (Lipinski definition) is 2. The van der Waals surface area contributed by atoms with E-state index in [0.29, 0.717) is 17.0 Å². The van der Waals surface area contributed by atoms with E-state index in [1.165, 1.54) is 6.42 Å². The van der Waals surface area contributed by atoms with Crippen molar-refractivity contribution in [1.82, 2.24) is 4.72 Å². The second-order valence-electron chi connectivity index (χ2n) is 5.54. The molecule has 1 fully saturated rings. The lowest BCUT2D eigenvalue weighted by Gasteiger charge is -2.31. The van der Waals surface area contributed by atoms with E-state index in [9.17, 15) is 8.42 Å². The number of aliphatic hydroxyl groups excluding tert-OH is 1. The monoisotopic (exact) mass is 307 g/mol. The van der Waals surface area contributed by atoms with Gasteiger partial charge in [0.2, 0.25) is 10.0 Å². The van der Waals surface area contributed by atoms with Gasteiger partial charge in [0, 0.05) is 11.6 Å². The van der Waals surface area contributed by atoms with Crippen LogP contribution in [0.5, 0.6) is 0 Å². The van der Waals surface area contributed by atoms with Gasteiger partial charge in [0.05, 0.1) is 4.90 Å².